The van der Waals surface area contributed by atoms with Gasteiger partial charge in [-0.2, -0.15) is 11.8 Å². The highest BCUT2D eigenvalue weighted by Gasteiger charge is 2.10. The monoisotopic (exact) mass is 191 g/mol. The lowest BCUT2D eigenvalue weighted by molar-refractivity contribution is -0.138. The van der Waals surface area contributed by atoms with Gasteiger partial charge in [0.05, 0.1) is 0 Å². The largest absolute Gasteiger partial charge is 0.480 e. The van der Waals surface area contributed by atoms with E-state index in [4.69, 9.17) is 10.8 Å². The van der Waals surface area contributed by atoms with E-state index in [2.05, 4.69) is 13.8 Å². The molecule has 0 aromatic heterocycles. The first-order valence-electron chi connectivity index (χ1n) is 4.10. The van der Waals surface area contributed by atoms with Gasteiger partial charge in [0.2, 0.25) is 0 Å². The molecular weight excluding hydrogens is 174 g/mol. The van der Waals surface area contributed by atoms with Crippen molar-refractivity contribution in [3.8, 4) is 0 Å². The van der Waals surface area contributed by atoms with E-state index >= 15 is 0 Å². The third-order valence-corrected chi connectivity index (χ3v) is 2.77. The number of carbonyl (C=O) groups is 1. The van der Waals surface area contributed by atoms with Crippen molar-refractivity contribution in [2.75, 3.05) is 11.5 Å². The molecule has 0 heterocycles. The molecule has 0 radical (unpaired) electrons. The highest BCUT2D eigenvalue weighted by atomic mass is 32.2. The summed E-state index contributed by atoms with van der Waals surface area (Å²) in [5.41, 5.74) is 5.32. The molecular formula is C8H17NO2S. The fourth-order valence-electron chi connectivity index (χ4n) is 0.653. The van der Waals surface area contributed by atoms with Crippen molar-refractivity contribution in [1.29, 1.82) is 0 Å². The van der Waals surface area contributed by atoms with Crippen molar-refractivity contribution < 1.29 is 9.90 Å². The number of carboxylic acid groups (broad SMARTS) is 1. The molecule has 0 aliphatic heterocycles. The molecule has 0 aromatic carbocycles. The Morgan fingerprint density at radius 2 is 2.17 bits per heavy atom. The number of aliphatic carboxylic acids is 1. The number of hydrogen-bond donors (Lipinski definition) is 2. The minimum atomic E-state index is -0.903. The predicted octanol–water partition coefficient (Wildman–Crippen LogP) is 1.18. The van der Waals surface area contributed by atoms with Gasteiger partial charge >= 0.3 is 5.97 Å². The molecule has 1 atom stereocenters. The highest BCUT2D eigenvalue weighted by molar-refractivity contribution is 7.99. The van der Waals surface area contributed by atoms with E-state index in [1.165, 1.54) is 0 Å². The molecule has 0 rings (SSSR count). The van der Waals surface area contributed by atoms with Crippen LogP contribution in [-0.4, -0.2) is 28.6 Å². The minimum absolute atomic E-state index is 0.562. The van der Waals surface area contributed by atoms with Crippen molar-refractivity contribution in [2.45, 2.75) is 26.3 Å². The van der Waals surface area contributed by atoms with Crippen LogP contribution in [0.3, 0.4) is 0 Å². The topological polar surface area (TPSA) is 63.3 Å². The second kappa shape index (κ2) is 6.31. The first-order chi connectivity index (χ1) is 5.54. The van der Waals surface area contributed by atoms with Gasteiger partial charge in [-0.25, -0.2) is 0 Å². The van der Waals surface area contributed by atoms with Gasteiger partial charge in [0.15, 0.2) is 0 Å². The second-order valence-electron chi connectivity index (χ2n) is 3.20. The number of rotatable bonds is 6. The molecule has 0 saturated heterocycles. The number of hydrogen-bond acceptors (Lipinski definition) is 3. The Hall–Kier alpha value is -0.220. The zero-order valence-corrected chi connectivity index (χ0v) is 8.43. The van der Waals surface area contributed by atoms with E-state index in [9.17, 15) is 4.79 Å². The summed E-state index contributed by atoms with van der Waals surface area (Å²) in [5, 5.41) is 8.46. The molecule has 0 aromatic rings. The maximum Gasteiger partial charge on any atom is 0.320 e. The summed E-state index contributed by atoms with van der Waals surface area (Å²) in [6, 6.07) is -0.690. The van der Waals surface area contributed by atoms with Crippen LogP contribution in [0, 0.1) is 5.92 Å². The second-order valence-corrected chi connectivity index (χ2v) is 4.35. The van der Waals surface area contributed by atoms with E-state index in [1.807, 2.05) is 0 Å². The molecule has 0 saturated carbocycles. The van der Waals surface area contributed by atoms with Crippen LogP contribution in [0.15, 0.2) is 0 Å². The predicted molar refractivity (Wildman–Crippen MR) is 52.4 cm³/mol. The molecule has 0 bridgehead atoms. The van der Waals surface area contributed by atoms with E-state index in [1.54, 1.807) is 11.8 Å². The van der Waals surface area contributed by atoms with Gasteiger partial charge in [-0.15, -0.1) is 0 Å². The van der Waals surface area contributed by atoms with Crippen LogP contribution in [0.5, 0.6) is 0 Å². The molecule has 12 heavy (non-hydrogen) atoms. The molecule has 0 fully saturated rings. The average Bonchev–Trinajstić information content (AvgIpc) is 1.97. The highest BCUT2D eigenvalue weighted by Crippen LogP contribution is 2.09. The molecule has 0 spiro atoms. The number of thioether (sulfide) groups is 1. The smallest absolute Gasteiger partial charge is 0.320 e. The van der Waals surface area contributed by atoms with Crippen molar-refractivity contribution >= 4 is 17.7 Å². The quantitative estimate of drug-likeness (QED) is 0.619. The first kappa shape index (κ1) is 11.8. The fourth-order valence-corrected chi connectivity index (χ4v) is 1.71. The number of carboxylic acids is 1. The van der Waals surface area contributed by atoms with Gasteiger partial charge in [0.25, 0.3) is 0 Å². The standard InChI is InChI=1S/C8H17NO2S/c1-6(2)5-12-4-3-7(9)8(10)11/h6-7H,3-5,9H2,1-2H3,(H,10,11). The van der Waals surface area contributed by atoms with E-state index in [-0.39, 0.29) is 0 Å². The van der Waals surface area contributed by atoms with Crippen molar-refractivity contribution in [3.05, 3.63) is 0 Å². The lowest BCUT2D eigenvalue weighted by Gasteiger charge is -2.06. The van der Waals surface area contributed by atoms with Gasteiger partial charge in [0.1, 0.15) is 6.04 Å². The van der Waals surface area contributed by atoms with Gasteiger partial charge < -0.3 is 10.8 Å². The molecule has 3 N–H and O–H groups in total. The normalized spacial score (nSPS) is 13.3. The van der Waals surface area contributed by atoms with Crippen molar-refractivity contribution in [3.63, 3.8) is 0 Å². The van der Waals surface area contributed by atoms with Gasteiger partial charge in [-0.1, -0.05) is 13.8 Å². The summed E-state index contributed by atoms with van der Waals surface area (Å²) in [4.78, 5) is 10.3. The minimum Gasteiger partial charge on any atom is -0.480 e. The van der Waals surface area contributed by atoms with Crippen molar-refractivity contribution in [1.82, 2.24) is 0 Å². The maximum absolute atomic E-state index is 10.3. The Bertz CT molecular complexity index is 139. The summed E-state index contributed by atoms with van der Waals surface area (Å²) >= 11 is 1.76. The van der Waals surface area contributed by atoms with E-state index < -0.39 is 12.0 Å². The Labute approximate surface area is 77.7 Å². The molecule has 0 aliphatic rings. The van der Waals surface area contributed by atoms with Crippen LogP contribution in [-0.2, 0) is 4.79 Å². The molecule has 4 heteroatoms. The van der Waals surface area contributed by atoms with E-state index in [0.29, 0.717) is 12.3 Å². The summed E-state index contributed by atoms with van der Waals surface area (Å²) in [7, 11) is 0. The Morgan fingerprint density at radius 3 is 2.58 bits per heavy atom. The van der Waals surface area contributed by atoms with Crippen molar-refractivity contribution in [2.24, 2.45) is 11.7 Å². The van der Waals surface area contributed by atoms with Crippen LogP contribution in [0.1, 0.15) is 20.3 Å². The first-order valence-corrected chi connectivity index (χ1v) is 5.25. The molecule has 1 unspecified atom stereocenters. The average molecular weight is 191 g/mol. The van der Waals surface area contributed by atoms with Crippen LogP contribution < -0.4 is 5.73 Å². The molecule has 0 aliphatic carbocycles. The maximum atomic E-state index is 10.3. The van der Waals surface area contributed by atoms with Gasteiger partial charge in [0, 0.05) is 0 Å². The van der Waals surface area contributed by atoms with Crippen LogP contribution in [0.4, 0.5) is 0 Å². The summed E-state index contributed by atoms with van der Waals surface area (Å²) in [5.74, 6) is 1.68. The fraction of sp³-hybridized carbons (Fsp3) is 0.875. The van der Waals surface area contributed by atoms with Crippen LogP contribution in [0.25, 0.3) is 0 Å². The molecule has 3 nitrogen and oxygen atoms in total. The Morgan fingerprint density at radius 1 is 1.58 bits per heavy atom. The summed E-state index contributed by atoms with van der Waals surface area (Å²) in [6.45, 7) is 4.29. The Kier molecular flexibility index (Phi) is 6.20. The third-order valence-electron chi connectivity index (χ3n) is 1.34. The number of nitrogens with two attached hydrogens (primary N) is 1. The third kappa shape index (κ3) is 6.49. The van der Waals surface area contributed by atoms with Crippen LogP contribution in [0.2, 0.25) is 0 Å². The van der Waals surface area contributed by atoms with Crippen LogP contribution >= 0.6 is 11.8 Å². The zero-order chi connectivity index (χ0) is 9.56. The zero-order valence-electron chi connectivity index (χ0n) is 7.62. The van der Waals surface area contributed by atoms with Gasteiger partial charge in [-0.3, -0.25) is 4.79 Å². The lowest BCUT2D eigenvalue weighted by Crippen LogP contribution is -2.30. The SMILES string of the molecule is CC(C)CSCCC(N)C(=O)O. The Balaban J connectivity index is 3.25. The summed E-state index contributed by atoms with van der Waals surface area (Å²) in [6.07, 6.45) is 0.562. The lowest BCUT2D eigenvalue weighted by atomic mass is 10.2. The van der Waals surface area contributed by atoms with Gasteiger partial charge in [-0.05, 0) is 23.8 Å². The molecule has 0 amide bonds. The van der Waals surface area contributed by atoms with E-state index in [0.717, 1.165) is 11.5 Å². The molecule has 72 valence electrons. The summed E-state index contributed by atoms with van der Waals surface area (Å²) < 4.78 is 0.